The number of carbonyl (C=O) groups excluding carboxylic acids is 1. The van der Waals surface area contributed by atoms with Crippen LogP contribution in [0.15, 0.2) is 35.1 Å². The van der Waals surface area contributed by atoms with Crippen LogP contribution < -0.4 is 15.6 Å². The van der Waals surface area contributed by atoms with Crippen LogP contribution in [0, 0.1) is 6.92 Å². The Kier molecular flexibility index (Phi) is 5.13. The fourth-order valence-electron chi connectivity index (χ4n) is 4.00. The third-order valence-corrected chi connectivity index (χ3v) is 5.62. The number of ether oxygens (including phenoxy) is 1. The standard InChI is InChI=1S/C22H26N4O3/c1-14-12-18-21(22(28)25-11-5-4-6-19(25)24-18)26(14)13-20(27)23-15(2)16-7-9-17(29-3)10-8-16/h7-10,12,15H,4-6,11,13H2,1-3H3,(H,23,27)/t15-/m0/s1. The lowest BCUT2D eigenvalue weighted by atomic mass is 10.1. The van der Waals surface area contributed by atoms with Crippen molar-refractivity contribution < 1.29 is 9.53 Å². The maximum atomic E-state index is 13.1. The number of rotatable bonds is 5. The Bertz CT molecular complexity index is 1110. The van der Waals surface area contributed by atoms with Gasteiger partial charge in [-0.15, -0.1) is 0 Å². The third-order valence-electron chi connectivity index (χ3n) is 5.62. The van der Waals surface area contributed by atoms with Gasteiger partial charge in [0.15, 0.2) is 0 Å². The highest BCUT2D eigenvalue weighted by molar-refractivity contribution is 5.81. The van der Waals surface area contributed by atoms with E-state index in [1.54, 1.807) is 16.2 Å². The van der Waals surface area contributed by atoms with Gasteiger partial charge in [-0.25, -0.2) is 4.98 Å². The zero-order chi connectivity index (χ0) is 20.5. The average Bonchev–Trinajstić information content (AvgIpc) is 3.03. The second-order valence-corrected chi connectivity index (χ2v) is 7.61. The topological polar surface area (TPSA) is 78.2 Å². The van der Waals surface area contributed by atoms with E-state index < -0.39 is 0 Å². The minimum absolute atomic E-state index is 0.0474. The molecule has 29 heavy (non-hydrogen) atoms. The van der Waals surface area contributed by atoms with Crippen LogP contribution in [0.1, 0.15) is 42.9 Å². The van der Waals surface area contributed by atoms with Crippen molar-refractivity contribution in [1.82, 2.24) is 19.4 Å². The first-order valence-electron chi connectivity index (χ1n) is 10.0. The Hall–Kier alpha value is -3.09. The van der Waals surface area contributed by atoms with E-state index in [0.717, 1.165) is 42.1 Å². The molecule has 0 bridgehead atoms. The minimum Gasteiger partial charge on any atom is -0.497 e. The summed E-state index contributed by atoms with van der Waals surface area (Å²) in [6, 6.07) is 9.36. The summed E-state index contributed by atoms with van der Waals surface area (Å²) >= 11 is 0. The smallest absolute Gasteiger partial charge is 0.278 e. The van der Waals surface area contributed by atoms with E-state index in [9.17, 15) is 9.59 Å². The number of benzene rings is 1. The molecule has 0 spiro atoms. The Labute approximate surface area is 169 Å². The average molecular weight is 394 g/mol. The predicted octanol–water partition coefficient (Wildman–Crippen LogP) is 2.73. The van der Waals surface area contributed by atoms with Gasteiger partial charge >= 0.3 is 0 Å². The molecule has 0 fully saturated rings. The number of methoxy groups -OCH3 is 1. The van der Waals surface area contributed by atoms with E-state index in [-0.39, 0.29) is 24.1 Å². The fraction of sp³-hybridized carbons (Fsp3) is 0.409. The molecule has 1 aliphatic rings. The van der Waals surface area contributed by atoms with Crippen LogP contribution >= 0.6 is 0 Å². The van der Waals surface area contributed by atoms with E-state index in [2.05, 4.69) is 10.3 Å². The summed E-state index contributed by atoms with van der Waals surface area (Å²) in [6.07, 6.45) is 2.87. The maximum absolute atomic E-state index is 13.1. The lowest BCUT2D eigenvalue weighted by Crippen LogP contribution is -2.33. The van der Waals surface area contributed by atoms with Crippen LogP contribution in [-0.4, -0.2) is 27.1 Å². The van der Waals surface area contributed by atoms with Gasteiger partial charge in [-0.2, -0.15) is 0 Å². The van der Waals surface area contributed by atoms with Crippen LogP contribution in [0.2, 0.25) is 0 Å². The lowest BCUT2D eigenvalue weighted by molar-refractivity contribution is -0.122. The number of nitrogens with one attached hydrogen (secondary N) is 1. The lowest BCUT2D eigenvalue weighted by Gasteiger charge is -2.18. The molecule has 1 atom stereocenters. The van der Waals surface area contributed by atoms with Crippen LogP contribution in [0.4, 0.5) is 0 Å². The number of amides is 1. The van der Waals surface area contributed by atoms with Crippen molar-refractivity contribution in [3.05, 3.63) is 57.8 Å². The maximum Gasteiger partial charge on any atom is 0.278 e. The minimum atomic E-state index is -0.150. The van der Waals surface area contributed by atoms with Crippen LogP contribution in [0.3, 0.4) is 0 Å². The number of carbonyl (C=O) groups is 1. The predicted molar refractivity (Wildman–Crippen MR) is 111 cm³/mol. The Balaban J connectivity index is 1.57. The third kappa shape index (κ3) is 3.64. The number of hydrogen-bond donors (Lipinski definition) is 1. The summed E-state index contributed by atoms with van der Waals surface area (Å²) in [5, 5.41) is 3.02. The summed E-state index contributed by atoms with van der Waals surface area (Å²) in [5.74, 6) is 1.48. The molecule has 1 N–H and O–H groups in total. The van der Waals surface area contributed by atoms with Gasteiger partial charge in [0.2, 0.25) is 5.91 Å². The molecule has 3 aromatic rings. The molecule has 0 saturated carbocycles. The van der Waals surface area contributed by atoms with E-state index in [1.165, 1.54) is 0 Å². The first-order valence-corrected chi connectivity index (χ1v) is 10.0. The molecular formula is C22H26N4O3. The van der Waals surface area contributed by atoms with Crippen molar-refractivity contribution in [3.63, 3.8) is 0 Å². The highest BCUT2D eigenvalue weighted by Gasteiger charge is 2.20. The van der Waals surface area contributed by atoms with Gasteiger partial charge in [0.1, 0.15) is 23.6 Å². The van der Waals surface area contributed by atoms with Crippen molar-refractivity contribution >= 4 is 16.9 Å². The molecule has 0 radical (unpaired) electrons. The molecule has 1 aliphatic heterocycles. The molecule has 3 heterocycles. The first kappa shape index (κ1) is 19.2. The number of nitrogens with zero attached hydrogens (tertiary/aromatic N) is 3. The van der Waals surface area contributed by atoms with Gasteiger partial charge < -0.3 is 14.6 Å². The molecule has 7 heteroatoms. The quantitative estimate of drug-likeness (QED) is 0.722. The van der Waals surface area contributed by atoms with Gasteiger partial charge in [0.25, 0.3) is 5.56 Å². The van der Waals surface area contributed by atoms with E-state index in [4.69, 9.17) is 4.74 Å². The number of aryl methyl sites for hydroxylation is 2. The zero-order valence-electron chi connectivity index (χ0n) is 17.1. The monoisotopic (exact) mass is 394 g/mol. The van der Waals surface area contributed by atoms with Crippen LogP contribution in [-0.2, 0) is 24.3 Å². The van der Waals surface area contributed by atoms with Crippen molar-refractivity contribution in [2.24, 2.45) is 0 Å². The number of fused-ring (bicyclic) bond motifs is 2. The molecule has 2 aromatic heterocycles. The molecule has 0 saturated heterocycles. The number of aromatic nitrogens is 3. The summed E-state index contributed by atoms with van der Waals surface area (Å²) in [5.41, 5.74) is 3.00. The molecular weight excluding hydrogens is 368 g/mol. The molecule has 1 aromatic carbocycles. The summed E-state index contributed by atoms with van der Waals surface area (Å²) in [6.45, 7) is 4.63. The van der Waals surface area contributed by atoms with E-state index in [0.29, 0.717) is 17.6 Å². The van der Waals surface area contributed by atoms with E-state index >= 15 is 0 Å². The molecule has 0 aliphatic carbocycles. The second kappa shape index (κ2) is 7.73. The van der Waals surface area contributed by atoms with Crippen molar-refractivity contribution in [2.75, 3.05) is 7.11 Å². The van der Waals surface area contributed by atoms with Crippen molar-refractivity contribution in [2.45, 2.75) is 52.2 Å². The normalized spacial score (nSPS) is 14.4. The molecule has 7 nitrogen and oxygen atoms in total. The van der Waals surface area contributed by atoms with Gasteiger partial charge in [-0.1, -0.05) is 12.1 Å². The SMILES string of the molecule is COc1ccc([C@H](C)NC(=O)Cn2c(C)cc3nc4n(c(=O)c32)CCCC4)cc1. The summed E-state index contributed by atoms with van der Waals surface area (Å²) in [4.78, 5) is 30.5. The van der Waals surface area contributed by atoms with Crippen molar-refractivity contribution in [1.29, 1.82) is 0 Å². The van der Waals surface area contributed by atoms with Gasteiger partial charge in [-0.05, 0) is 50.5 Å². The molecule has 1 amide bonds. The van der Waals surface area contributed by atoms with Crippen molar-refractivity contribution in [3.8, 4) is 5.75 Å². The Morgan fingerprint density at radius 3 is 2.76 bits per heavy atom. The highest BCUT2D eigenvalue weighted by atomic mass is 16.5. The van der Waals surface area contributed by atoms with Gasteiger partial charge in [0, 0.05) is 18.7 Å². The fourth-order valence-corrected chi connectivity index (χ4v) is 4.00. The van der Waals surface area contributed by atoms with E-state index in [1.807, 2.05) is 44.2 Å². The molecule has 152 valence electrons. The van der Waals surface area contributed by atoms with Crippen LogP contribution in [0.25, 0.3) is 11.0 Å². The van der Waals surface area contributed by atoms with Gasteiger partial charge in [0.05, 0.1) is 18.7 Å². The number of hydrogen-bond acceptors (Lipinski definition) is 4. The van der Waals surface area contributed by atoms with Crippen LogP contribution in [0.5, 0.6) is 5.75 Å². The summed E-state index contributed by atoms with van der Waals surface area (Å²) < 4.78 is 8.72. The van der Waals surface area contributed by atoms with Gasteiger partial charge in [-0.3, -0.25) is 14.2 Å². The largest absolute Gasteiger partial charge is 0.497 e. The zero-order valence-corrected chi connectivity index (χ0v) is 17.1. The molecule has 0 unspecified atom stereocenters. The second-order valence-electron chi connectivity index (χ2n) is 7.61. The highest BCUT2D eigenvalue weighted by Crippen LogP contribution is 2.20. The molecule has 4 rings (SSSR count). The Morgan fingerprint density at radius 1 is 1.28 bits per heavy atom. The summed E-state index contributed by atoms with van der Waals surface area (Å²) in [7, 11) is 1.62. The Morgan fingerprint density at radius 2 is 2.03 bits per heavy atom. The first-order chi connectivity index (χ1) is 14.0.